The Kier molecular flexibility index (Phi) is 6.49. The summed E-state index contributed by atoms with van der Waals surface area (Å²) in [5.74, 6) is 0.553. The molecular formula is C25H29N3O3. The molecule has 2 aromatic carbocycles. The van der Waals surface area contributed by atoms with Gasteiger partial charge < -0.3 is 19.9 Å². The van der Waals surface area contributed by atoms with Crippen molar-refractivity contribution in [3.8, 4) is 11.4 Å². The van der Waals surface area contributed by atoms with Crippen molar-refractivity contribution in [1.82, 2.24) is 4.57 Å². The SMILES string of the molecule is COc1ccc(NC(C)=O)cc1NC(=O)c1cc(C)n(-c2ccc(C(C)C)cc2)c1C. The third-order valence-electron chi connectivity index (χ3n) is 5.26. The number of rotatable bonds is 6. The Balaban J connectivity index is 1.91. The highest BCUT2D eigenvalue weighted by Gasteiger charge is 2.18. The third-order valence-corrected chi connectivity index (χ3v) is 5.26. The van der Waals surface area contributed by atoms with Crippen LogP contribution in [0, 0.1) is 13.8 Å². The minimum absolute atomic E-state index is 0.186. The lowest BCUT2D eigenvalue weighted by Crippen LogP contribution is -2.14. The molecule has 0 aliphatic rings. The van der Waals surface area contributed by atoms with Gasteiger partial charge in [0.05, 0.1) is 18.4 Å². The standard InChI is InChI=1S/C25H29N3O3/c1-15(2)19-7-10-21(11-8-19)28-16(3)13-22(17(28)4)25(30)27-23-14-20(26-18(5)29)9-12-24(23)31-6/h7-15H,1-6H3,(H,26,29)(H,27,30). The van der Waals surface area contributed by atoms with Crippen molar-refractivity contribution >= 4 is 23.2 Å². The molecule has 6 nitrogen and oxygen atoms in total. The van der Waals surface area contributed by atoms with Gasteiger partial charge in [0.25, 0.3) is 5.91 Å². The maximum absolute atomic E-state index is 13.1. The molecule has 2 amide bonds. The first-order valence-corrected chi connectivity index (χ1v) is 10.3. The summed E-state index contributed by atoms with van der Waals surface area (Å²) in [5.41, 5.74) is 5.77. The number of hydrogen-bond acceptors (Lipinski definition) is 3. The molecule has 0 saturated carbocycles. The van der Waals surface area contributed by atoms with Gasteiger partial charge in [-0.2, -0.15) is 0 Å². The van der Waals surface area contributed by atoms with E-state index in [1.165, 1.54) is 19.6 Å². The Morgan fingerprint density at radius 1 is 0.968 bits per heavy atom. The molecule has 162 valence electrons. The Morgan fingerprint density at radius 3 is 2.23 bits per heavy atom. The van der Waals surface area contributed by atoms with Crippen LogP contribution in [0.25, 0.3) is 5.69 Å². The summed E-state index contributed by atoms with van der Waals surface area (Å²) in [4.78, 5) is 24.5. The summed E-state index contributed by atoms with van der Waals surface area (Å²) >= 11 is 0. The highest BCUT2D eigenvalue weighted by atomic mass is 16.5. The topological polar surface area (TPSA) is 72.4 Å². The van der Waals surface area contributed by atoms with Gasteiger partial charge in [-0.1, -0.05) is 26.0 Å². The second kappa shape index (κ2) is 9.08. The van der Waals surface area contributed by atoms with Crippen LogP contribution in [0.5, 0.6) is 5.75 Å². The summed E-state index contributed by atoms with van der Waals surface area (Å²) in [7, 11) is 1.54. The van der Waals surface area contributed by atoms with Crippen molar-refractivity contribution in [2.24, 2.45) is 0 Å². The van der Waals surface area contributed by atoms with Crippen LogP contribution >= 0.6 is 0 Å². The Labute approximate surface area is 183 Å². The molecule has 0 aliphatic heterocycles. The van der Waals surface area contributed by atoms with Gasteiger partial charge in [0.2, 0.25) is 5.91 Å². The number of benzene rings is 2. The third kappa shape index (κ3) is 4.79. The summed E-state index contributed by atoms with van der Waals surface area (Å²) in [6.07, 6.45) is 0. The quantitative estimate of drug-likeness (QED) is 0.559. The number of methoxy groups -OCH3 is 1. The lowest BCUT2D eigenvalue weighted by atomic mass is 10.0. The molecule has 3 rings (SSSR count). The fraction of sp³-hybridized carbons (Fsp3) is 0.280. The molecule has 1 aromatic heterocycles. The summed E-state index contributed by atoms with van der Waals surface area (Å²) in [6.45, 7) is 9.68. The summed E-state index contributed by atoms with van der Waals surface area (Å²) in [5, 5.41) is 5.64. The maximum atomic E-state index is 13.1. The molecular weight excluding hydrogens is 390 g/mol. The zero-order chi connectivity index (χ0) is 22.7. The van der Waals surface area contributed by atoms with E-state index in [0.717, 1.165) is 17.1 Å². The molecule has 3 aromatic rings. The monoisotopic (exact) mass is 419 g/mol. The number of amides is 2. The number of carbonyl (C=O) groups is 2. The molecule has 2 N–H and O–H groups in total. The van der Waals surface area contributed by atoms with Crippen molar-refractivity contribution in [2.45, 2.75) is 40.5 Å². The van der Waals surface area contributed by atoms with Gasteiger partial charge in [-0.15, -0.1) is 0 Å². The number of nitrogens with zero attached hydrogens (tertiary/aromatic N) is 1. The zero-order valence-electron chi connectivity index (χ0n) is 18.9. The van der Waals surface area contributed by atoms with Crippen molar-refractivity contribution in [3.63, 3.8) is 0 Å². The average Bonchev–Trinajstić information content (AvgIpc) is 3.02. The molecule has 0 saturated heterocycles. The van der Waals surface area contributed by atoms with Crippen LogP contribution in [-0.2, 0) is 4.79 Å². The van der Waals surface area contributed by atoms with Crippen LogP contribution in [0.4, 0.5) is 11.4 Å². The molecule has 0 radical (unpaired) electrons. The van der Waals surface area contributed by atoms with Crippen LogP contribution in [-0.4, -0.2) is 23.5 Å². The van der Waals surface area contributed by atoms with E-state index in [4.69, 9.17) is 4.74 Å². The van der Waals surface area contributed by atoms with E-state index in [0.29, 0.717) is 28.6 Å². The molecule has 31 heavy (non-hydrogen) atoms. The van der Waals surface area contributed by atoms with E-state index in [1.54, 1.807) is 18.2 Å². The first-order chi connectivity index (χ1) is 14.7. The molecule has 0 atom stereocenters. The number of ether oxygens (including phenoxy) is 1. The fourth-order valence-corrected chi connectivity index (χ4v) is 3.67. The van der Waals surface area contributed by atoms with Crippen molar-refractivity contribution < 1.29 is 14.3 Å². The predicted molar refractivity (Wildman–Crippen MR) is 125 cm³/mol. The Bertz CT molecular complexity index is 1110. The van der Waals surface area contributed by atoms with Crippen molar-refractivity contribution in [1.29, 1.82) is 0 Å². The number of carbonyl (C=O) groups excluding carboxylic acids is 2. The predicted octanol–water partition coefficient (Wildman–Crippen LogP) is 5.44. The largest absolute Gasteiger partial charge is 0.495 e. The van der Waals surface area contributed by atoms with Crippen LogP contribution in [0.15, 0.2) is 48.5 Å². The van der Waals surface area contributed by atoms with Crippen LogP contribution in [0.1, 0.15) is 54.0 Å². The molecule has 0 fully saturated rings. The minimum atomic E-state index is -0.239. The number of hydrogen-bond donors (Lipinski definition) is 2. The Morgan fingerprint density at radius 2 is 1.65 bits per heavy atom. The second-order valence-electron chi connectivity index (χ2n) is 7.92. The van der Waals surface area contributed by atoms with Gasteiger partial charge in [0, 0.05) is 29.7 Å². The van der Waals surface area contributed by atoms with Crippen molar-refractivity contribution in [3.05, 3.63) is 71.0 Å². The number of anilines is 2. The van der Waals surface area contributed by atoms with Gasteiger partial charge >= 0.3 is 0 Å². The van der Waals surface area contributed by atoms with E-state index >= 15 is 0 Å². The lowest BCUT2D eigenvalue weighted by Gasteiger charge is -2.13. The summed E-state index contributed by atoms with van der Waals surface area (Å²) in [6, 6.07) is 15.4. The van der Waals surface area contributed by atoms with Crippen LogP contribution in [0.2, 0.25) is 0 Å². The average molecular weight is 420 g/mol. The van der Waals surface area contributed by atoms with E-state index in [-0.39, 0.29) is 11.8 Å². The maximum Gasteiger partial charge on any atom is 0.257 e. The van der Waals surface area contributed by atoms with E-state index in [2.05, 4.69) is 53.3 Å². The fourth-order valence-electron chi connectivity index (χ4n) is 3.67. The zero-order valence-corrected chi connectivity index (χ0v) is 18.9. The summed E-state index contributed by atoms with van der Waals surface area (Å²) < 4.78 is 7.44. The molecule has 0 unspecified atom stereocenters. The number of aromatic nitrogens is 1. The Hall–Kier alpha value is -3.54. The molecule has 0 bridgehead atoms. The molecule has 0 spiro atoms. The number of nitrogens with one attached hydrogen (secondary N) is 2. The lowest BCUT2D eigenvalue weighted by molar-refractivity contribution is -0.114. The van der Waals surface area contributed by atoms with Crippen LogP contribution in [0.3, 0.4) is 0 Å². The number of aryl methyl sites for hydroxylation is 1. The van der Waals surface area contributed by atoms with Gasteiger partial charge in [0.15, 0.2) is 0 Å². The smallest absolute Gasteiger partial charge is 0.257 e. The van der Waals surface area contributed by atoms with E-state index < -0.39 is 0 Å². The van der Waals surface area contributed by atoms with Gasteiger partial charge in [-0.05, 0) is 61.7 Å². The van der Waals surface area contributed by atoms with Crippen molar-refractivity contribution in [2.75, 3.05) is 17.7 Å². The van der Waals surface area contributed by atoms with Crippen LogP contribution < -0.4 is 15.4 Å². The van der Waals surface area contributed by atoms with Gasteiger partial charge in [0.1, 0.15) is 5.75 Å². The normalized spacial score (nSPS) is 10.8. The first kappa shape index (κ1) is 22.2. The highest BCUT2D eigenvalue weighted by molar-refractivity contribution is 6.06. The molecule has 1 heterocycles. The van der Waals surface area contributed by atoms with E-state index in [9.17, 15) is 9.59 Å². The highest BCUT2D eigenvalue weighted by Crippen LogP contribution is 2.29. The molecule has 0 aliphatic carbocycles. The minimum Gasteiger partial charge on any atom is -0.495 e. The second-order valence-corrected chi connectivity index (χ2v) is 7.92. The van der Waals surface area contributed by atoms with Gasteiger partial charge in [-0.3, -0.25) is 9.59 Å². The first-order valence-electron chi connectivity index (χ1n) is 10.3. The van der Waals surface area contributed by atoms with Gasteiger partial charge in [-0.25, -0.2) is 0 Å². The molecule has 6 heteroatoms. The van der Waals surface area contributed by atoms with E-state index in [1.807, 2.05) is 19.9 Å².